The van der Waals surface area contributed by atoms with E-state index in [1.165, 1.54) is 12.3 Å². The highest BCUT2D eigenvalue weighted by molar-refractivity contribution is 6.32. The summed E-state index contributed by atoms with van der Waals surface area (Å²) < 4.78 is 15.5. The Kier molecular flexibility index (Phi) is 2.48. The number of halogens is 2. The summed E-state index contributed by atoms with van der Waals surface area (Å²) in [6.45, 7) is 1.83. The lowest BCUT2D eigenvalue weighted by molar-refractivity contribution is 0.628. The van der Waals surface area contributed by atoms with Crippen LogP contribution >= 0.6 is 11.6 Å². The summed E-state index contributed by atoms with van der Waals surface area (Å²) in [4.78, 5) is 3.90. The van der Waals surface area contributed by atoms with E-state index in [1.54, 1.807) is 16.7 Å². The first kappa shape index (κ1) is 11.1. The van der Waals surface area contributed by atoms with Crippen molar-refractivity contribution in [3.63, 3.8) is 0 Å². The molecule has 0 saturated carbocycles. The molecular weight excluding hydrogens is 255 g/mol. The fourth-order valence-electron chi connectivity index (χ4n) is 1.78. The molecule has 3 aromatic rings. The summed E-state index contributed by atoms with van der Waals surface area (Å²) in [5.74, 6) is 0.0732. The molecule has 2 heterocycles. The maximum absolute atomic E-state index is 13.9. The highest BCUT2D eigenvalue weighted by atomic mass is 35.5. The lowest BCUT2D eigenvalue weighted by atomic mass is 10.1. The average molecular weight is 263 g/mol. The Morgan fingerprint density at radius 1 is 1.28 bits per heavy atom. The molecule has 0 aliphatic carbocycles. The summed E-state index contributed by atoms with van der Waals surface area (Å²) in [5, 5.41) is 8.11. The maximum atomic E-state index is 13.9. The summed E-state index contributed by atoms with van der Waals surface area (Å²) >= 11 is 5.89. The molecule has 0 unspecified atom stereocenters. The van der Waals surface area contributed by atoms with E-state index >= 15 is 0 Å². The minimum Gasteiger partial charge on any atom is -0.278 e. The van der Waals surface area contributed by atoms with Crippen LogP contribution in [0.1, 0.15) is 5.56 Å². The molecule has 4 nitrogen and oxygen atoms in total. The molecular formula is C12H8ClFN4. The highest BCUT2D eigenvalue weighted by Gasteiger charge is 2.14. The third kappa shape index (κ3) is 1.64. The zero-order valence-electron chi connectivity index (χ0n) is 9.43. The Balaban J connectivity index is 2.29. The van der Waals surface area contributed by atoms with Gasteiger partial charge in [-0.15, -0.1) is 10.2 Å². The van der Waals surface area contributed by atoms with E-state index in [1.807, 2.05) is 13.0 Å². The first-order valence-corrected chi connectivity index (χ1v) is 5.66. The van der Waals surface area contributed by atoms with Crippen molar-refractivity contribution in [2.24, 2.45) is 0 Å². The van der Waals surface area contributed by atoms with Gasteiger partial charge in [0.1, 0.15) is 5.82 Å². The molecule has 0 amide bonds. The van der Waals surface area contributed by atoms with Gasteiger partial charge in [-0.1, -0.05) is 17.7 Å². The number of aryl methyl sites for hydroxylation is 1. The predicted octanol–water partition coefficient (Wildman–Crippen LogP) is 2.89. The Morgan fingerprint density at radius 3 is 2.89 bits per heavy atom. The third-order valence-electron chi connectivity index (χ3n) is 2.65. The lowest BCUT2D eigenvalue weighted by Crippen LogP contribution is -1.93. The first-order chi connectivity index (χ1) is 8.66. The van der Waals surface area contributed by atoms with E-state index in [2.05, 4.69) is 15.2 Å². The minimum absolute atomic E-state index is 0.240. The van der Waals surface area contributed by atoms with Crippen LogP contribution in [0.15, 0.2) is 30.6 Å². The second kappa shape index (κ2) is 4.03. The highest BCUT2D eigenvalue weighted by Crippen LogP contribution is 2.24. The van der Waals surface area contributed by atoms with Crippen molar-refractivity contribution in [2.75, 3.05) is 0 Å². The topological polar surface area (TPSA) is 43.1 Å². The molecule has 0 radical (unpaired) electrons. The largest absolute Gasteiger partial charge is 0.278 e. The summed E-state index contributed by atoms with van der Waals surface area (Å²) in [6.07, 6.45) is 3.17. The van der Waals surface area contributed by atoms with Gasteiger partial charge in [0.15, 0.2) is 16.6 Å². The number of rotatable bonds is 1. The molecule has 2 aromatic heterocycles. The van der Waals surface area contributed by atoms with Crippen LogP contribution in [0, 0.1) is 12.7 Å². The molecule has 18 heavy (non-hydrogen) atoms. The number of hydrogen-bond acceptors (Lipinski definition) is 3. The van der Waals surface area contributed by atoms with Crippen molar-refractivity contribution < 1.29 is 4.39 Å². The van der Waals surface area contributed by atoms with E-state index in [0.717, 1.165) is 5.56 Å². The molecule has 0 saturated heterocycles. The van der Waals surface area contributed by atoms with Gasteiger partial charge >= 0.3 is 0 Å². The SMILES string of the molecule is Cc1ccc(-c2nnc3c(Cl)nccn23)c(F)c1. The molecule has 6 heteroatoms. The zero-order chi connectivity index (χ0) is 12.7. The van der Waals surface area contributed by atoms with Crippen LogP contribution in [0.25, 0.3) is 17.0 Å². The monoisotopic (exact) mass is 262 g/mol. The Bertz CT molecular complexity index is 738. The molecule has 0 aliphatic rings. The quantitative estimate of drug-likeness (QED) is 0.677. The number of fused-ring (bicyclic) bond motifs is 1. The molecule has 0 aliphatic heterocycles. The van der Waals surface area contributed by atoms with E-state index in [4.69, 9.17) is 11.6 Å². The number of nitrogens with zero attached hydrogens (tertiary/aromatic N) is 4. The average Bonchev–Trinajstić information content (AvgIpc) is 2.74. The standard InChI is InChI=1S/C12H8ClFN4/c1-7-2-3-8(9(14)6-7)11-16-17-12-10(13)15-4-5-18(11)12/h2-6H,1H3. The fourth-order valence-corrected chi connectivity index (χ4v) is 1.97. The first-order valence-electron chi connectivity index (χ1n) is 5.28. The maximum Gasteiger partial charge on any atom is 0.198 e. The van der Waals surface area contributed by atoms with E-state index in [0.29, 0.717) is 17.0 Å². The van der Waals surface area contributed by atoms with E-state index in [9.17, 15) is 4.39 Å². The molecule has 90 valence electrons. The normalized spacial score (nSPS) is 11.1. The van der Waals surface area contributed by atoms with Crippen LogP contribution in [0.4, 0.5) is 4.39 Å². The molecule has 3 rings (SSSR count). The van der Waals surface area contributed by atoms with Gasteiger partial charge in [-0.2, -0.15) is 0 Å². The van der Waals surface area contributed by atoms with Crippen LogP contribution < -0.4 is 0 Å². The van der Waals surface area contributed by atoms with E-state index in [-0.39, 0.29) is 11.0 Å². The van der Waals surface area contributed by atoms with Gasteiger partial charge in [-0.05, 0) is 24.6 Å². The van der Waals surface area contributed by atoms with Crippen LogP contribution in [0.5, 0.6) is 0 Å². The zero-order valence-corrected chi connectivity index (χ0v) is 10.2. The van der Waals surface area contributed by atoms with Gasteiger partial charge in [0.25, 0.3) is 0 Å². The smallest absolute Gasteiger partial charge is 0.198 e. The summed E-state index contributed by atoms with van der Waals surface area (Å²) in [6, 6.07) is 4.96. The lowest BCUT2D eigenvalue weighted by Gasteiger charge is -2.02. The van der Waals surface area contributed by atoms with Crippen LogP contribution in [-0.4, -0.2) is 19.6 Å². The van der Waals surface area contributed by atoms with Gasteiger partial charge in [-0.3, -0.25) is 4.40 Å². The van der Waals surface area contributed by atoms with Crippen molar-refractivity contribution in [3.8, 4) is 11.4 Å². The molecule has 0 N–H and O–H groups in total. The second-order valence-corrected chi connectivity index (χ2v) is 4.28. The molecule has 0 fully saturated rings. The van der Waals surface area contributed by atoms with Gasteiger partial charge in [0, 0.05) is 12.4 Å². The van der Waals surface area contributed by atoms with Crippen molar-refractivity contribution in [1.82, 2.24) is 19.6 Å². The van der Waals surface area contributed by atoms with Gasteiger partial charge in [0.05, 0.1) is 5.56 Å². The van der Waals surface area contributed by atoms with Crippen LogP contribution in [0.2, 0.25) is 5.15 Å². The number of aromatic nitrogens is 4. The van der Waals surface area contributed by atoms with Crippen molar-refractivity contribution in [1.29, 1.82) is 0 Å². The van der Waals surface area contributed by atoms with E-state index < -0.39 is 0 Å². The van der Waals surface area contributed by atoms with Gasteiger partial charge < -0.3 is 0 Å². The minimum atomic E-state index is -0.336. The Labute approximate surface area is 107 Å². The Hall–Kier alpha value is -2.01. The molecule has 1 aromatic carbocycles. The van der Waals surface area contributed by atoms with Crippen LogP contribution in [-0.2, 0) is 0 Å². The number of benzene rings is 1. The van der Waals surface area contributed by atoms with Gasteiger partial charge in [0.2, 0.25) is 0 Å². The molecule has 0 bridgehead atoms. The second-order valence-electron chi connectivity index (χ2n) is 3.92. The molecule has 0 spiro atoms. The summed E-state index contributed by atoms with van der Waals surface area (Å²) in [5.41, 5.74) is 1.65. The fraction of sp³-hybridized carbons (Fsp3) is 0.0833. The Morgan fingerprint density at radius 2 is 2.11 bits per heavy atom. The van der Waals surface area contributed by atoms with Crippen molar-refractivity contribution in [3.05, 3.63) is 47.1 Å². The third-order valence-corrected chi connectivity index (χ3v) is 2.92. The number of hydrogen-bond donors (Lipinski definition) is 0. The summed E-state index contributed by atoms with van der Waals surface area (Å²) in [7, 11) is 0. The van der Waals surface area contributed by atoms with Gasteiger partial charge in [-0.25, -0.2) is 9.37 Å². The van der Waals surface area contributed by atoms with Crippen molar-refractivity contribution in [2.45, 2.75) is 6.92 Å². The molecule has 0 atom stereocenters. The van der Waals surface area contributed by atoms with Crippen LogP contribution in [0.3, 0.4) is 0 Å². The van der Waals surface area contributed by atoms with Crippen molar-refractivity contribution >= 4 is 17.2 Å². The predicted molar refractivity (Wildman–Crippen MR) is 65.9 cm³/mol.